The van der Waals surface area contributed by atoms with Crippen molar-refractivity contribution in [3.63, 3.8) is 0 Å². The van der Waals surface area contributed by atoms with Gasteiger partial charge in [0.15, 0.2) is 5.12 Å². The van der Waals surface area contributed by atoms with Crippen LogP contribution in [0.15, 0.2) is 0 Å². The largest absolute Gasteiger partial charge is 0.366 e. The van der Waals surface area contributed by atoms with E-state index in [1.54, 1.807) is 0 Å². The smallest absolute Gasteiger partial charge is 0.218 e. The topological polar surface area (TPSA) is 43.4 Å². The zero-order valence-electron chi connectivity index (χ0n) is 27.5. The Labute approximate surface area is 267 Å². The summed E-state index contributed by atoms with van der Waals surface area (Å²) in [7, 11) is 0. The van der Waals surface area contributed by atoms with Crippen molar-refractivity contribution in [1.29, 1.82) is 0 Å². The van der Waals surface area contributed by atoms with Crippen LogP contribution >= 0.6 is 25.3 Å². The Morgan fingerprint density at radius 2 is 0.756 bits per heavy atom. The van der Waals surface area contributed by atoms with Gasteiger partial charge in [0.25, 0.3) is 0 Å². The molecule has 0 aliphatic carbocycles. The number of carbonyl (C=O) groups is 2. The summed E-state index contributed by atoms with van der Waals surface area (Å²) in [4.78, 5) is 24.4. The summed E-state index contributed by atoms with van der Waals surface area (Å²) in [6.07, 6.45) is 37.0. The molecule has 0 amide bonds. The van der Waals surface area contributed by atoms with Crippen molar-refractivity contribution in [2.24, 2.45) is 0 Å². The molecule has 0 saturated heterocycles. The molecule has 0 aliphatic rings. The zero-order chi connectivity index (χ0) is 30.3. The molecule has 0 aliphatic heterocycles. The molecule has 0 saturated carbocycles. The lowest BCUT2D eigenvalue weighted by Crippen LogP contribution is -2.41. The van der Waals surface area contributed by atoms with Crippen LogP contribution in [0.5, 0.6) is 0 Å². The third-order valence-corrected chi connectivity index (χ3v) is 9.20. The molecule has 3 nitrogen and oxygen atoms in total. The minimum absolute atomic E-state index is 0.0233. The van der Waals surface area contributed by atoms with Gasteiger partial charge in [0.05, 0.1) is 6.42 Å². The third kappa shape index (κ3) is 27.3. The number of hydrogen-bond acceptors (Lipinski definition) is 3. The summed E-state index contributed by atoms with van der Waals surface area (Å²) in [6.45, 7) is 5.07. The van der Waals surface area contributed by atoms with Gasteiger partial charge in [0.2, 0.25) is 5.12 Å². The molecule has 0 N–H and O–H groups in total. The van der Waals surface area contributed by atoms with Gasteiger partial charge in [-0.15, -0.1) is 25.3 Å². The van der Waals surface area contributed by atoms with E-state index in [4.69, 9.17) is 4.74 Å². The molecule has 0 spiro atoms. The normalized spacial score (nSPS) is 13.0. The molecule has 0 aromatic rings. The SMILES string of the molecule is CCCCCCCCCCCCCCCCOC(CCCCCCCCCCCCCCCC)(CC(=O)S)C(=O)S. The number of ether oxygens (including phenoxy) is 1. The lowest BCUT2D eigenvalue weighted by molar-refractivity contribution is -0.141. The van der Waals surface area contributed by atoms with Gasteiger partial charge in [0, 0.05) is 6.61 Å². The molecule has 1 unspecified atom stereocenters. The molecule has 0 bridgehead atoms. The molecule has 0 rings (SSSR count). The average molecular weight is 615 g/mol. The van der Waals surface area contributed by atoms with Gasteiger partial charge in [-0.2, -0.15) is 0 Å². The van der Waals surface area contributed by atoms with Gasteiger partial charge >= 0.3 is 0 Å². The lowest BCUT2D eigenvalue weighted by Gasteiger charge is -2.30. The standard InChI is InChI=1S/C36H70O3S2/c1-3-5-7-9-11-13-15-17-19-21-23-25-27-29-31-36(35(38)41,33-34(37)40)39-32-30-28-26-24-22-20-18-16-14-12-10-8-6-4-2/h3-33H2,1-2H3,(H,37,40)(H,38,41). The second-order valence-electron chi connectivity index (χ2n) is 12.7. The maximum atomic E-state index is 12.5. The summed E-state index contributed by atoms with van der Waals surface area (Å²) in [6, 6.07) is 0. The van der Waals surface area contributed by atoms with E-state index in [2.05, 4.69) is 39.1 Å². The fraction of sp³-hybridized carbons (Fsp3) is 0.944. The van der Waals surface area contributed by atoms with Crippen LogP contribution in [0, 0.1) is 0 Å². The summed E-state index contributed by atoms with van der Waals surface area (Å²) < 4.78 is 6.13. The lowest BCUT2D eigenvalue weighted by atomic mass is 9.93. The maximum absolute atomic E-state index is 12.5. The second kappa shape index (κ2) is 31.4. The van der Waals surface area contributed by atoms with Gasteiger partial charge < -0.3 is 4.74 Å². The predicted octanol–water partition coefficient (Wildman–Crippen LogP) is 12.4. The van der Waals surface area contributed by atoms with E-state index in [0.717, 1.165) is 25.7 Å². The highest BCUT2D eigenvalue weighted by Crippen LogP contribution is 2.29. The van der Waals surface area contributed by atoms with Crippen molar-refractivity contribution in [1.82, 2.24) is 0 Å². The molecule has 41 heavy (non-hydrogen) atoms. The first kappa shape index (κ1) is 41.0. The van der Waals surface area contributed by atoms with Crippen LogP contribution in [-0.2, 0) is 14.3 Å². The van der Waals surface area contributed by atoms with Gasteiger partial charge in [0.1, 0.15) is 5.60 Å². The van der Waals surface area contributed by atoms with Crippen molar-refractivity contribution >= 4 is 35.5 Å². The molecule has 0 radical (unpaired) electrons. The number of carbonyl (C=O) groups excluding carboxylic acids is 2. The summed E-state index contributed by atoms with van der Waals surface area (Å²) in [5.74, 6) is 0. The molecule has 0 aromatic heterocycles. The first-order chi connectivity index (χ1) is 20.0. The molecular weight excluding hydrogens is 545 g/mol. The first-order valence-electron chi connectivity index (χ1n) is 18.1. The summed E-state index contributed by atoms with van der Waals surface area (Å²) in [5, 5.41) is -0.612. The van der Waals surface area contributed by atoms with E-state index < -0.39 is 5.60 Å². The predicted molar refractivity (Wildman–Crippen MR) is 187 cm³/mol. The van der Waals surface area contributed by atoms with Crippen LogP contribution in [-0.4, -0.2) is 22.4 Å². The highest BCUT2D eigenvalue weighted by molar-refractivity contribution is 7.97. The van der Waals surface area contributed by atoms with Crippen LogP contribution in [0.2, 0.25) is 0 Å². The molecule has 244 valence electrons. The van der Waals surface area contributed by atoms with E-state index in [9.17, 15) is 9.59 Å². The Morgan fingerprint density at radius 1 is 0.463 bits per heavy atom. The number of hydrogen-bond donors (Lipinski definition) is 2. The number of unbranched alkanes of at least 4 members (excludes halogenated alkanes) is 26. The van der Waals surface area contributed by atoms with Crippen molar-refractivity contribution in [2.75, 3.05) is 6.61 Å². The van der Waals surface area contributed by atoms with Crippen LogP contribution in [0.25, 0.3) is 0 Å². The Kier molecular flexibility index (Phi) is 31.4. The number of rotatable bonds is 34. The Hall–Kier alpha value is -0.0000000000000000555. The Balaban J connectivity index is 3.92. The highest BCUT2D eigenvalue weighted by Gasteiger charge is 2.38. The molecule has 0 heterocycles. The van der Waals surface area contributed by atoms with E-state index in [-0.39, 0.29) is 16.7 Å². The minimum Gasteiger partial charge on any atom is -0.366 e. The highest BCUT2D eigenvalue weighted by atomic mass is 32.1. The van der Waals surface area contributed by atoms with Crippen LogP contribution in [0.3, 0.4) is 0 Å². The maximum Gasteiger partial charge on any atom is 0.218 e. The van der Waals surface area contributed by atoms with Crippen molar-refractivity contribution in [3.8, 4) is 0 Å². The summed E-state index contributed by atoms with van der Waals surface area (Å²) >= 11 is 8.13. The van der Waals surface area contributed by atoms with E-state index >= 15 is 0 Å². The van der Waals surface area contributed by atoms with Crippen LogP contribution < -0.4 is 0 Å². The van der Waals surface area contributed by atoms with Gasteiger partial charge in [-0.05, 0) is 12.8 Å². The van der Waals surface area contributed by atoms with E-state index in [0.29, 0.717) is 13.0 Å². The minimum atomic E-state index is -1.10. The zero-order valence-corrected chi connectivity index (χ0v) is 29.3. The molecule has 0 fully saturated rings. The monoisotopic (exact) mass is 614 g/mol. The van der Waals surface area contributed by atoms with Crippen molar-refractivity contribution in [2.45, 2.75) is 212 Å². The molecule has 1 atom stereocenters. The van der Waals surface area contributed by atoms with Crippen molar-refractivity contribution < 1.29 is 14.3 Å². The van der Waals surface area contributed by atoms with E-state index in [1.807, 2.05) is 0 Å². The van der Waals surface area contributed by atoms with Gasteiger partial charge in [-0.3, -0.25) is 9.59 Å². The van der Waals surface area contributed by atoms with E-state index in [1.165, 1.54) is 154 Å². The third-order valence-electron chi connectivity index (χ3n) is 8.64. The summed E-state index contributed by atoms with van der Waals surface area (Å²) in [5.41, 5.74) is -1.10. The Bertz CT molecular complexity index is 583. The van der Waals surface area contributed by atoms with Gasteiger partial charge in [-0.25, -0.2) is 0 Å². The second-order valence-corrected chi connectivity index (χ2v) is 13.6. The number of thiol groups is 2. The Morgan fingerprint density at radius 3 is 1.05 bits per heavy atom. The molecule has 0 aromatic carbocycles. The van der Waals surface area contributed by atoms with Crippen molar-refractivity contribution in [3.05, 3.63) is 0 Å². The first-order valence-corrected chi connectivity index (χ1v) is 19.0. The van der Waals surface area contributed by atoms with Crippen LogP contribution in [0.1, 0.15) is 206 Å². The fourth-order valence-corrected chi connectivity index (χ4v) is 6.38. The molecular formula is C36H70O3S2. The quantitative estimate of drug-likeness (QED) is 0.0560. The molecule has 5 heteroatoms. The van der Waals surface area contributed by atoms with Crippen LogP contribution in [0.4, 0.5) is 0 Å². The van der Waals surface area contributed by atoms with Gasteiger partial charge in [-0.1, -0.05) is 187 Å². The fourth-order valence-electron chi connectivity index (χ4n) is 5.87. The average Bonchev–Trinajstić information content (AvgIpc) is 2.94.